The van der Waals surface area contributed by atoms with Crippen molar-refractivity contribution in [1.82, 2.24) is 0 Å². The molecule has 0 radical (unpaired) electrons. The summed E-state index contributed by atoms with van der Waals surface area (Å²) in [5.74, 6) is -3.92. The van der Waals surface area contributed by atoms with Crippen LogP contribution in [0.1, 0.15) is 168 Å². The molecular weight excluding hydrogens is 573 g/mol. The molecule has 0 fully saturated rings. The van der Waals surface area contributed by atoms with Crippen LogP contribution in [0.15, 0.2) is 0 Å². The number of hydrogen-bond acceptors (Lipinski definition) is 7. The fraction of sp³-hybridized carbons (Fsp3) is 0.933. The van der Waals surface area contributed by atoms with Crippen molar-refractivity contribution in [3.63, 3.8) is 0 Å². The third-order valence-electron chi connectivity index (χ3n) is 7.86. The first kappa shape index (κ1) is 49.7. The van der Waals surface area contributed by atoms with Gasteiger partial charge in [-0.15, -0.1) is 0 Å². The van der Waals surface area contributed by atoms with E-state index in [1.165, 1.54) is 64.2 Å². The molecule has 41 heavy (non-hydrogen) atoms. The van der Waals surface area contributed by atoms with Crippen LogP contribution in [0.4, 0.5) is 0 Å². The van der Waals surface area contributed by atoms with Gasteiger partial charge >= 0.3 is 88.7 Å². The predicted molar refractivity (Wildman–Crippen MR) is 148 cm³/mol. The summed E-state index contributed by atoms with van der Waals surface area (Å²) >= 11 is 0. The summed E-state index contributed by atoms with van der Waals surface area (Å²) in [6, 6.07) is 0. The molecule has 0 N–H and O–H groups in total. The zero-order valence-electron chi connectivity index (χ0n) is 27.3. The Morgan fingerprint density at radius 1 is 0.537 bits per heavy atom. The molecule has 11 heteroatoms. The quantitative estimate of drug-likeness (QED) is 0.0506. The number of rotatable bonds is 28. The first-order chi connectivity index (χ1) is 18.1. The van der Waals surface area contributed by atoms with Gasteiger partial charge in [-0.25, -0.2) is 8.42 Å². The Balaban J connectivity index is -0.00000228. The van der Waals surface area contributed by atoms with Crippen LogP contribution in [0.25, 0.3) is 0 Å². The van der Waals surface area contributed by atoms with Crippen molar-refractivity contribution in [2.75, 3.05) is 0 Å². The van der Waals surface area contributed by atoms with Gasteiger partial charge in [0.15, 0.2) is 0 Å². The maximum Gasteiger partial charge on any atom is 1.00 e. The molecule has 0 aromatic heterocycles. The van der Waals surface area contributed by atoms with Gasteiger partial charge in [0.2, 0.25) is 0 Å². The van der Waals surface area contributed by atoms with Gasteiger partial charge in [-0.1, -0.05) is 155 Å². The van der Waals surface area contributed by atoms with E-state index in [0.717, 1.165) is 51.4 Å². The van der Waals surface area contributed by atoms with Gasteiger partial charge in [0.1, 0.15) is 10.1 Å². The minimum Gasteiger partial charge on any atom is -0.747 e. The average Bonchev–Trinajstić information content (AvgIpc) is 2.84. The summed E-state index contributed by atoms with van der Waals surface area (Å²) in [4.78, 5) is 24.0. The number of unbranched alkanes of at least 4 members (excludes halogenated alkanes) is 20. The van der Waals surface area contributed by atoms with Gasteiger partial charge in [-0.05, 0) is 12.8 Å². The van der Waals surface area contributed by atoms with E-state index in [0.29, 0.717) is 25.7 Å². The topological polar surface area (TPSA) is 137 Å². The second-order valence-corrected chi connectivity index (χ2v) is 12.7. The van der Waals surface area contributed by atoms with Crippen molar-refractivity contribution in [2.24, 2.45) is 5.41 Å². The molecule has 0 aromatic carbocycles. The van der Waals surface area contributed by atoms with E-state index < -0.39 is 32.7 Å². The van der Waals surface area contributed by atoms with Gasteiger partial charge < -0.3 is 24.4 Å². The molecule has 0 saturated heterocycles. The fourth-order valence-corrected chi connectivity index (χ4v) is 6.65. The molecular formula is C30H55Na3O7S. The zero-order chi connectivity index (χ0) is 28.7. The maximum atomic E-state index is 12.2. The second kappa shape index (κ2) is 31.8. The largest absolute Gasteiger partial charge is 1.00 e. The Bertz CT molecular complexity index is 695. The predicted octanol–water partition coefficient (Wildman–Crippen LogP) is -3.20. The van der Waals surface area contributed by atoms with Crippen molar-refractivity contribution in [2.45, 2.75) is 173 Å². The number of aliphatic carboxylic acids is 2. The summed E-state index contributed by atoms with van der Waals surface area (Å²) in [5.41, 5.74) is -2.25. The van der Waals surface area contributed by atoms with E-state index in [-0.39, 0.29) is 102 Å². The van der Waals surface area contributed by atoms with Crippen LogP contribution < -0.4 is 98.9 Å². The zero-order valence-corrected chi connectivity index (χ0v) is 34.1. The SMILES string of the molecule is CCCCCCCCCCCCCC(CCCCCCCCCCCCC)(C(=O)[O-])C(C(=O)[O-])S(=O)(=O)[O-].[Na+].[Na+].[Na+]. The van der Waals surface area contributed by atoms with E-state index in [1.807, 2.05) is 0 Å². The molecule has 0 saturated carbocycles. The van der Waals surface area contributed by atoms with Crippen molar-refractivity contribution in [1.29, 1.82) is 0 Å². The van der Waals surface area contributed by atoms with Crippen LogP contribution in [0.5, 0.6) is 0 Å². The smallest absolute Gasteiger partial charge is 0.747 e. The third kappa shape index (κ3) is 24.7. The number of carbonyl (C=O) groups is 2. The number of carboxylic acids is 2. The molecule has 0 spiro atoms. The van der Waals surface area contributed by atoms with Crippen molar-refractivity contribution in [3.05, 3.63) is 0 Å². The van der Waals surface area contributed by atoms with E-state index in [2.05, 4.69) is 13.8 Å². The average molecular weight is 629 g/mol. The second-order valence-electron chi connectivity index (χ2n) is 11.2. The Labute approximate surface area is 318 Å². The Morgan fingerprint density at radius 3 is 0.976 bits per heavy atom. The summed E-state index contributed by atoms with van der Waals surface area (Å²) in [7, 11) is -5.43. The molecule has 7 nitrogen and oxygen atoms in total. The van der Waals surface area contributed by atoms with Crippen LogP contribution in [-0.4, -0.2) is 30.2 Å². The minimum absolute atomic E-state index is 0. The van der Waals surface area contributed by atoms with Crippen LogP contribution in [0, 0.1) is 5.41 Å². The van der Waals surface area contributed by atoms with Gasteiger partial charge in [0, 0.05) is 11.4 Å². The van der Waals surface area contributed by atoms with Gasteiger partial charge in [-0.3, -0.25) is 0 Å². The molecule has 226 valence electrons. The summed E-state index contributed by atoms with van der Waals surface area (Å²) in [6.45, 7) is 4.38. The summed E-state index contributed by atoms with van der Waals surface area (Å²) in [6.07, 6.45) is 22.2. The van der Waals surface area contributed by atoms with Crippen molar-refractivity contribution >= 4 is 22.1 Å². The van der Waals surface area contributed by atoms with E-state index in [1.54, 1.807) is 0 Å². The molecule has 1 unspecified atom stereocenters. The Hall–Kier alpha value is 1.85. The Morgan fingerprint density at radius 2 is 0.780 bits per heavy atom. The monoisotopic (exact) mass is 628 g/mol. The molecule has 0 aliphatic heterocycles. The molecule has 0 aromatic rings. The van der Waals surface area contributed by atoms with Gasteiger partial charge in [0.25, 0.3) is 0 Å². The summed E-state index contributed by atoms with van der Waals surface area (Å²) in [5, 5.41) is 21.3. The maximum absolute atomic E-state index is 12.2. The molecule has 0 heterocycles. The number of carbonyl (C=O) groups excluding carboxylic acids is 2. The number of hydrogen-bond donors (Lipinski definition) is 0. The van der Waals surface area contributed by atoms with Crippen molar-refractivity contribution in [3.8, 4) is 0 Å². The van der Waals surface area contributed by atoms with Gasteiger partial charge in [0.05, 0.1) is 11.2 Å². The van der Waals surface area contributed by atoms with E-state index in [4.69, 9.17) is 0 Å². The van der Waals surface area contributed by atoms with E-state index >= 15 is 0 Å². The first-order valence-corrected chi connectivity index (χ1v) is 17.0. The third-order valence-corrected chi connectivity index (χ3v) is 9.09. The van der Waals surface area contributed by atoms with Crippen LogP contribution in [0.2, 0.25) is 0 Å². The molecule has 0 amide bonds. The molecule has 0 rings (SSSR count). The number of carboxylic acid groups (broad SMARTS) is 2. The fourth-order valence-electron chi connectivity index (χ4n) is 5.53. The first-order valence-electron chi connectivity index (χ1n) is 15.5. The summed E-state index contributed by atoms with van der Waals surface area (Å²) < 4.78 is 35.6. The molecule has 0 bridgehead atoms. The normalized spacial score (nSPS) is 12.1. The van der Waals surface area contributed by atoms with Gasteiger partial charge in [-0.2, -0.15) is 0 Å². The van der Waals surface area contributed by atoms with E-state index in [9.17, 15) is 32.8 Å². The Kier molecular flexibility index (Phi) is 38.6. The van der Waals surface area contributed by atoms with Crippen LogP contribution >= 0.6 is 0 Å². The molecule has 1 atom stereocenters. The molecule has 0 aliphatic rings. The van der Waals surface area contributed by atoms with Crippen LogP contribution in [0.3, 0.4) is 0 Å². The van der Waals surface area contributed by atoms with Crippen molar-refractivity contribution < 1.29 is 121 Å². The standard InChI is InChI=1S/C30H58O7S.3Na/c1-3-5-7-9-11-13-15-17-19-21-23-25-30(29(33)34,27(28(31)32)38(35,36)37)26-24-22-20-18-16-14-12-10-8-6-4-2;;;/h27H,3-26H2,1-2H3,(H,31,32)(H,33,34)(H,35,36,37);;;/q;3*+1/p-3. The molecule has 0 aliphatic carbocycles. The minimum atomic E-state index is -5.43. The van der Waals surface area contributed by atoms with Crippen LogP contribution in [-0.2, 0) is 19.7 Å².